The van der Waals surface area contributed by atoms with Gasteiger partial charge in [0, 0.05) is 25.0 Å². The molecule has 2 rings (SSSR count). The lowest BCUT2D eigenvalue weighted by atomic mass is 10.1. The molecule has 17 heavy (non-hydrogen) atoms. The highest BCUT2D eigenvalue weighted by Gasteiger charge is 2.21. The third kappa shape index (κ3) is 4.26. The van der Waals surface area contributed by atoms with E-state index in [1.807, 2.05) is 20.2 Å². The lowest BCUT2D eigenvalue weighted by Crippen LogP contribution is -2.24. The van der Waals surface area contributed by atoms with Gasteiger partial charge in [0.1, 0.15) is 0 Å². The van der Waals surface area contributed by atoms with Gasteiger partial charge in [0.2, 0.25) is 0 Å². The van der Waals surface area contributed by atoms with E-state index in [-0.39, 0.29) is 12.4 Å². The summed E-state index contributed by atoms with van der Waals surface area (Å²) in [6.07, 6.45) is 3.32. The summed E-state index contributed by atoms with van der Waals surface area (Å²) in [5.41, 5.74) is 2.42. The van der Waals surface area contributed by atoms with Crippen molar-refractivity contribution in [1.29, 1.82) is 0 Å². The van der Waals surface area contributed by atoms with Crippen LogP contribution in [0, 0.1) is 12.8 Å². The van der Waals surface area contributed by atoms with E-state index >= 15 is 0 Å². The second-order valence-corrected chi connectivity index (χ2v) is 4.76. The van der Waals surface area contributed by atoms with Crippen LogP contribution in [-0.4, -0.2) is 36.6 Å². The van der Waals surface area contributed by atoms with Gasteiger partial charge in [-0.15, -0.1) is 12.4 Å². The summed E-state index contributed by atoms with van der Waals surface area (Å²) in [5.74, 6) is 0.823. The maximum absolute atomic E-state index is 4.34. The Balaban J connectivity index is 0.00000144. The lowest BCUT2D eigenvalue weighted by molar-refractivity contribution is 0.315. The first-order valence-corrected chi connectivity index (χ1v) is 6.06. The molecule has 1 unspecified atom stereocenters. The molecule has 1 aliphatic heterocycles. The molecule has 1 aromatic heterocycles. The molecule has 0 aliphatic carbocycles. The lowest BCUT2D eigenvalue weighted by Gasteiger charge is -2.15. The first-order valence-electron chi connectivity index (χ1n) is 6.06. The second kappa shape index (κ2) is 6.94. The van der Waals surface area contributed by atoms with Gasteiger partial charge in [0.25, 0.3) is 0 Å². The fourth-order valence-corrected chi connectivity index (χ4v) is 2.36. The number of halogens is 1. The van der Waals surface area contributed by atoms with Gasteiger partial charge in [-0.25, -0.2) is 0 Å². The molecule has 4 heteroatoms. The summed E-state index contributed by atoms with van der Waals surface area (Å²) in [7, 11) is 2.03. The Bertz CT molecular complexity index is 326. The topological polar surface area (TPSA) is 28.2 Å². The van der Waals surface area contributed by atoms with Gasteiger partial charge in [-0.2, -0.15) is 0 Å². The smallest absolute Gasteiger partial charge is 0.0372 e. The Hall–Kier alpha value is -0.640. The number of rotatable bonds is 4. The predicted molar refractivity (Wildman–Crippen MR) is 73.5 cm³/mol. The van der Waals surface area contributed by atoms with Crippen LogP contribution in [0.2, 0.25) is 0 Å². The van der Waals surface area contributed by atoms with Crippen molar-refractivity contribution in [1.82, 2.24) is 15.2 Å². The first kappa shape index (κ1) is 14.4. The summed E-state index contributed by atoms with van der Waals surface area (Å²) < 4.78 is 0. The van der Waals surface area contributed by atoms with Gasteiger partial charge in [-0.05, 0) is 51.0 Å². The molecule has 0 aromatic carbocycles. The number of aromatic nitrogens is 1. The molecule has 0 saturated carbocycles. The Morgan fingerprint density at radius 1 is 1.47 bits per heavy atom. The molecule has 1 saturated heterocycles. The SMILES string of the molecule is CNCC1CCN(Cc2ccc(C)nc2)C1.Cl. The van der Waals surface area contributed by atoms with E-state index in [1.165, 1.54) is 25.1 Å². The van der Waals surface area contributed by atoms with Crippen LogP contribution < -0.4 is 5.32 Å². The van der Waals surface area contributed by atoms with Crippen LogP contribution in [0.1, 0.15) is 17.7 Å². The molecule has 3 nitrogen and oxygen atoms in total. The number of nitrogens with one attached hydrogen (secondary N) is 1. The summed E-state index contributed by atoms with van der Waals surface area (Å²) in [5, 5.41) is 3.26. The van der Waals surface area contributed by atoms with Crippen molar-refractivity contribution in [2.45, 2.75) is 19.9 Å². The number of nitrogens with zero attached hydrogens (tertiary/aromatic N) is 2. The first-order chi connectivity index (χ1) is 7.78. The van der Waals surface area contributed by atoms with Gasteiger partial charge in [-0.1, -0.05) is 6.07 Å². The fourth-order valence-electron chi connectivity index (χ4n) is 2.36. The summed E-state index contributed by atoms with van der Waals surface area (Å²) >= 11 is 0. The van der Waals surface area contributed by atoms with Gasteiger partial charge in [0.05, 0.1) is 0 Å². The monoisotopic (exact) mass is 255 g/mol. The van der Waals surface area contributed by atoms with Crippen LogP contribution in [0.3, 0.4) is 0 Å². The van der Waals surface area contributed by atoms with E-state index in [4.69, 9.17) is 0 Å². The minimum absolute atomic E-state index is 0. The Morgan fingerprint density at radius 2 is 2.29 bits per heavy atom. The average Bonchev–Trinajstić information content (AvgIpc) is 2.70. The van der Waals surface area contributed by atoms with Gasteiger partial charge in [-0.3, -0.25) is 9.88 Å². The second-order valence-electron chi connectivity index (χ2n) is 4.76. The minimum atomic E-state index is 0. The summed E-state index contributed by atoms with van der Waals surface area (Å²) in [6, 6.07) is 4.28. The molecule has 1 aromatic rings. The Morgan fingerprint density at radius 3 is 2.94 bits per heavy atom. The molecule has 1 fully saturated rings. The minimum Gasteiger partial charge on any atom is -0.319 e. The largest absolute Gasteiger partial charge is 0.319 e. The van der Waals surface area contributed by atoms with Crippen molar-refractivity contribution in [3.63, 3.8) is 0 Å². The summed E-state index contributed by atoms with van der Waals surface area (Å²) in [4.78, 5) is 6.86. The fraction of sp³-hybridized carbons (Fsp3) is 0.615. The average molecular weight is 256 g/mol. The van der Waals surface area contributed by atoms with Crippen LogP contribution in [0.25, 0.3) is 0 Å². The number of pyridine rings is 1. The van der Waals surface area contributed by atoms with E-state index in [9.17, 15) is 0 Å². The molecule has 0 amide bonds. The van der Waals surface area contributed by atoms with Gasteiger partial charge in [0.15, 0.2) is 0 Å². The van der Waals surface area contributed by atoms with Crippen LogP contribution in [0.4, 0.5) is 0 Å². The van der Waals surface area contributed by atoms with Gasteiger partial charge >= 0.3 is 0 Å². The zero-order valence-electron chi connectivity index (χ0n) is 10.6. The molecule has 0 spiro atoms. The van der Waals surface area contributed by atoms with Crippen molar-refractivity contribution in [2.24, 2.45) is 5.92 Å². The maximum Gasteiger partial charge on any atom is 0.0372 e. The molecule has 1 atom stereocenters. The molecule has 2 heterocycles. The third-order valence-corrected chi connectivity index (χ3v) is 3.24. The van der Waals surface area contributed by atoms with E-state index in [0.29, 0.717) is 0 Å². The van der Waals surface area contributed by atoms with Crippen molar-refractivity contribution in [3.05, 3.63) is 29.6 Å². The number of aryl methyl sites for hydroxylation is 1. The van der Waals surface area contributed by atoms with Crippen LogP contribution in [0.15, 0.2) is 18.3 Å². The number of likely N-dealkylation sites (tertiary alicyclic amines) is 1. The van der Waals surface area contributed by atoms with Crippen LogP contribution >= 0.6 is 12.4 Å². The van der Waals surface area contributed by atoms with Crippen LogP contribution in [0.5, 0.6) is 0 Å². The normalized spacial score (nSPS) is 20.2. The van der Waals surface area contributed by atoms with E-state index in [2.05, 4.69) is 27.3 Å². The number of hydrogen-bond acceptors (Lipinski definition) is 3. The standard InChI is InChI=1S/C13H21N3.ClH/c1-11-3-4-12(8-15-11)9-16-6-5-13(10-16)7-14-2;/h3-4,8,13-14H,5-7,9-10H2,1-2H3;1H. The van der Waals surface area contributed by atoms with E-state index in [0.717, 1.165) is 24.7 Å². The highest BCUT2D eigenvalue weighted by Crippen LogP contribution is 2.17. The van der Waals surface area contributed by atoms with Crippen LogP contribution in [-0.2, 0) is 6.54 Å². The van der Waals surface area contributed by atoms with Crippen molar-refractivity contribution < 1.29 is 0 Å². The van der Waals surface area contributed by atoms with E-state index in [1.54, 1.807) is 0 Å². The van der Waals surface area contributed by atoms with Crippen molar-refractivity contribution >= 4 is 12.4 Å². The predicted octanol–water partition coefficient (Wildman–Crippen LogP) is 1.85. The quantitative estimate of drug-likeness (QED) is 0.890. The zero-order chi connectivity index (χ0) is 11.4. The molecule has 1 aliphatic rings. The molecule has 0 radical (unpaired) electrons. The summed E-state index contributed by atoms with van der Waals surface area (Å²) in [6.45, 7) is 6.66. The molecular formula is C13H22ClN3. The van der Waals surface area contributed by atoms with Crippen molar-refractivity contribution in [3.8, 4) is 0 Å². The molecule has 96 valence electrons. The molecular weight excluding hydrogens is 234 g/mol. The Kier molecular flexibility index (Phi) is 5.89. The molecule has 0 bridgehead atoms. The Labute approximate surface area is 110 Å². The van der Waals surface area contributed by atoms with Crippen molar-refractivity contribution in [2.75, 3.05) is 26.7 Å². The third-order valence-electron chi connectivity index (χ3n) is 3.24. The number of hydrogen-bond donors (Lipinski definition) is 1. The molecule has 1 N–H and O–H groups in total. The van der Waals surface area contributed by atoms with Gasteiger partial charge < -0.3 is 5.32 Å². The highest BCUT2D eigenvalue weighted by molar-refractivity contribution is 5.85. The maximum atomic E-state index is 4.34. The zero-order valence-corrected chi connectivity index (χ0v) is 11.5. The van der Waals surface area contributed by atoms with E-state index < -0.39 is 0 Å². The highest BCUT2D eigenvalue weighted by atomic mass is 35.5.